The van der Waals surface area contributed by atoms with Crippen LogP contribution in [0.3, 0.4) is 0 Å². The predicted octanol–water partition coefficient (Wildman–Crippen LogP) is -0.976. The summed E-state index contributed by atoms with van der Waals surface area (Å²) in [6.07, 6.45) is 1.41. The lowest BCUT2D eigenvalue weighted by molar-refractivity contribution is -0.139. The minimum Gasteiger partial charge on any atom is -0.480 e. The summed E-state index contributed by atoms with van der Waals surface area (Å²) in [5.41, 5.74) is 5.39. The highest BCUT2D eigenvalue weighted by molar-refractivity contribution is 5.98. The van der Waals surface area contributed by atoms with E-state index in [4.69, 9.17) is 10.8 Å². The van der Waals surface area contributed by atoms with Gasteiger partial charge in [0.05, 0.1) is 7.11 Å². The maximum Gasteiger partial charge on any atom is 0.333 e. The number of amides is 1. The number of carbonyl (C=O) groups is 3. The highest BCUT2D eigenvalue weighted by Gasteiger charge is 2.13. The molecule has 1 amide bonds. The summed E-state index contributed by atoms with van der Waals surface area (Å²) >= 11 is 0. The van der Waals surface area contributed by atoms with Gasteiger partial charge in [0.25, 0.3) is 0 Å². The molecule has 0 rings (SSSR count). The molecule has 96 valence electrons. The Balaban J connectivity index is 4.37. The molecule has 17 heavy (non-hydrogen) atoms. The Morgan fingerprint density at radius 2 is 2.06 bits per heavy atom. The Morgan fingerprint density at radius 1 is 1.47 bits per heavy atom. The number of carbonyl (C=O) groups excluding carboxylic acids is 2. The van der Waals surface area contributed by atoms with E-state index in [0.717, 1.165) is 6.08 Å². The number of rotatable bonds is 6. The van der Waals surface area contributed by atoms with Gasteiger partial charge in [0, 0.05) is 18.2 Å². The number of nitrogens with one attached hydrogen (secondary N) is 1. The lowest BCUT2D eigenvalue weighted by atomic mass is 10.2. The van der Waals surface area contributed by atoms with Gasteiger partial charge in [0.1, 0.15) is 6.04 Å². The zero-order chi connectivity index (χ0) is 13.4. The van der Waals surface area contributed by atoms with E-state index in [1.165, 1.54) is 7.11 Å². The van der Waals surface area contributed by atoms with Crippen LogP contribution in [0.15, 0.2) is 11.6 Å². The molecule has 7 heteroatoms. The Labute approximate surface area is 98.6 Å². The smallest absolute Gasteiger partial charge is 0.333 e. The quantitative estimate of drug-likeness (QED) is 0.408. The first-order valence-corrected chi connectivity index (χ1v) is 4.97. The molecule has 4 N–H and O–H groups in total. The van der Waals surface area contributed by atoms with Gasteiger partial charge in [0.15, 0.2) is 0 Å². The number of aliphatic carboxylic acids is 1. The highest BCUT2D eigenvalue weighted by Crippen LogP contribution is 2.02. The largest absolute Gasteiger partial charge is 0.480 e. The van der Waals surface area contributed by atoms with Gasteiger partial charge >= 0.3 is 11.9 Å². The van der Waals surface area contributed by atoms with Crippen molar-refractivity contribution in [3.8, 4) is 0 Å². The summed E-state index contributed by atoms with van der Waals surface area (Å²) in [5, 5.41) is 10.8. The van der Waals surface area contributed by atoms with Crippen molar-refractivity contribution in [3.05, 3.63) is 11.6 Å². The molecule has 0 fully saturated rings. The van der Waals surface area contributed by atoms with Crippen molar-refractivity contribution >= 4 is 17.8 Å². The third-order valence-corrected chi connectivity index (χ3v) is 1.95. The van der Waals surface area contributed by atoms with E-state index in [9.17, 15) is 14.4 Å². The molecule has 0 aromatic rings. The number of hydrogen-bond acceptors (Lipinski definition) is 5. The molecule has 0 aromatic heterocycles. The number of methoxy groups -OCH3 is 1. The molecule has 0 aliphatic carbocycles. The average molecular weight is 244 g/mol. The van der Waals surface area contributed by atoms with Gasteiger partial charge in [-0.2, -0.15) is 0 Å². The van der Waals surface area contributed by atoms with Gasteiger partial charge in [-0.3, -0.25) is 9.59 Å². The second-order valence-electron chi connectivity index (χ2n) is 3.20. The summed E-state index contributed by atoms with van der Waals surface area (Å²) in [6, 6.07) is -1.17. The van der Waals surface area contributed by atoms with Crippen molar-refractivity contribution in [2.45, 2.75) is 19.4 Å². The van der Waals surface area contributed by atoms with E-state index in [1.54, 1.807) is 6.92 Å². The topological polar surface area (TPSA) is 119 Å². The van der Waals surface area contributed by atoms with Crippen LogP contribution in [0, 0.1) is 0 Å². The van der Waals surface area contributed by atoms with Crippen LogP contribution in [-0.4, -0.2) is 42.6 Å². The Morgan fingerprint density at radius 3 is 2.47 bits per heavy atom. The fourth-order valence-electron chi connectivity index (χ4n) is 0.944. The third-order valence-electron chi connectivity index (χ3n) is 1.95. The summed E-state index contributed by atoms with van der Waals surface area (Å²) < 4.78 is 4.46. The van der Waals surface area contributed by atoms with E-state index >= 15 is 0 Å². The van der Waals surface area contributed by atoms with Crippen LogP contribution >= 0.6 is 0 Å². The number of hydrogen-bond donors (Lipinski definition) is 3. The first-order chi connectivity index (χ1) is 7.92. The van der Waals surface area contributed by atoms with Crippen LogP contribution in [0.4, 0.5) is 0 Å². The van der Waals surface area contributed by atoms with Crippen molar-refractivity contribution in [2.24, 2.45) is 5.73 Å². The van der Waals surface area contributed by atoms with E-state index in [-0.39, 0.29) is 12.1 Å². The van der Waals surface area contributed by atoms with Crippen molar-refractivity contribution < 1.29 is 24.2 Å². The normalized spacial score (nSPS) is 12.8. The van der Waals surface area contributed by atoms with Crippen LogP contribution in [0.1, 0.15) is 13.3 Å². The number of ether oxygens (including phenoxy) is 1. The number of nitrogens with two attached hydrogens (primary N) is 1. The molecule has 0 aromatic carbocycles. The molecule has 0 aliphatic heterocycles. The minimum atomic E-state index is -1.21. The van der Waals surface area contributed by atoms with Crippen LogP contribution in [0.5, 0.6) is 0 Å². The molecule has 0 spiro atoms. The van der Waals surface area contributed by atoms with Gasteiger partial charge in [0.2, 0.25) is 5.91 Å². The van der Waals surface area contributed by atoms with E-state index < -0.39 is 23.9 Å². The molecule has 0 saturated carbocycles. The second kappa shape index (κ2) is 7.39. The van der Waals surface area contributed by atoms with E-state index in [0.29, 0.717) is 6.42 Å². The van der Waals surface area contributed by atoms with Crippen molar-refractivity contribution in [2.75, 3.05) is 13.7 Å². The molecule has 0 unspecified atom stereocenters. The Kier molecular flexibility index (Phi) is 6.57. The monoisotopic (exact) mass is 244 g/mol. The molecule has 7 nitrogen and oxygen atoms in total. The average Bonchev–Trinajstić information content (AvgIpc) is 2.31. The van der Waals surface area contributed by atoms with E-state index in [2.05, 4.69) is 10.1 Å². The first kappa shape index (κ1) is 15.1. The summed E-state index contributed by atoms with van der Waals surface area (Å²) in [6.45, 7) is 1.49. The molecular weight excluding hydrogens is 228 g/mol. The maximum atomic E-state index is 11.3. The molecule has 0 saturated heterocycles. The fraction of sp³-hybridized carbons (Fsp3) is 0.500. The molecule has 0 radical (unpaired) electrons. The molecule has 0 heterocycles. The minimum absolute atomic E-state index is 0.203. The van der Waals surface area contributed by atoms with Crippen LogP contribution in [0.2, 0.25) is 0 Å². The standard InChI is InChI=1S/C10H16N2O5/c1-3-6(10(16)17-2)4-8(13)12-5-7(11)9(14)15/h4,7H,3,5,11H2,1-2H3,(H,12,13)(H,14,15)/b6-4+/t7-/m0/s1. The fourth-order valence-corrected chi connectivity index (χ4v) is 0.944. The summed E-state index contributed by atoms with van der Waals surface area (Å²) in [7, 11) is 1.21. The SMILES string of the molecule is CC/C(=C\C(=O)NC[C@H](N)C(=O)O)C(=O)OC. The van der Waals surface area contributed by atoms with Crippen molar-refractivity contribution in [1.29, 1.82) is 0 Å². The van der Waals surface area contributed by atoms with Gasteiger partial charge < -0.3 is 20.9 Å². The van der Waals surface area contributed by atoms with E-state index in [1.807, 2.05) is 0 Å². The van der Waals surface area contributed by atoms with Gasteiger partial charge in [-0.1, -0.05) is 6.92 Å². The first-order valence-electron chi connectivity index (χ1n) is 4.97. The lowest BCUT2D eigenvalue weighted by Gasteiger charge is -2.07. The van der Waals surface area contributed by atoms with Crippen LogP contribution in [0.25, 0.3) is 0 Å². The maximum absolute atomic E-state index is 11.3. The van der Waals surface area contributed by atoms with Gasteiger partial charge in [-0.15, -0.1) is 0 Å². The zero-order valence-corrected chi connectivity index (χ0v) is 9.73. The molecule has 1 atom stereocenters. The summed E-state index contributed by atoms with van der Waals surface area (Å²) in [4.78, 5) is 32.8. The van der Waals surface area contributed by atoms with Crippen molar-refractivity contribution in [3.63, 3.8) is 0 Å². The Hall–Kier alpha value is -1.89. The van der Waals surface area contributed by atoms with Gasteiger partial charge in [-0.05, 0) is 6.42 Å². The second-order valence-corrected chi connectivity index (χ2v) is 3.20. The molecular formula is C10H16N2O5. The van der Waals surface area contributed by atoms with Crippen LogP contribution < -0.4 is 11.1 Å². The lowest BCUT2D eigenvalue weighted by Crippen LogP contribution is -2.42. The van der Waals surface area contributed by atoms with Crippen LogP contribution in [-0.2, 0) is 19.1 Å². The molecule has 0 aliphatic rings. The molecule has 0 bridgehead atoms. The third kappa shape index (κ3) is 5.67. The number of carboxylic acids is 1. The number of carboxylic acid groups (broad SMARTS) is 1. The Bertz CT molecular complexity index is 338. The predicted molar refractivity (Wildman–Crippen MR) is 59.0 cm³/mol. The van der Waals surface area contributed by atoms with Crippen molar-refractivity contribution in [1.82, 2.24) is 5.32 Å². The highest BCUT2D eigenvalue weighted by atomic mass is 16.5. The van der Waals surface area contributed by atoms with Gasteiger partial charge in [-0.25, -0.2) is 4.79 Å². The number of esters is 1. The zero-order valence-electron chi connectivity index (χ0n) is 9.73. The summed E-state index contributed by atoms with van der Waals surface area (Å²) in [5.74, 6) is -2.38.